The van der Waals surface area contributed by atoms with Gasteiger partial charge in [0.2, 0.25) is 5.95 Å². The molecule has 1 fully saturated rings. The summed E-state index contributed by atoms with van der Waals surface area (Å²) in [6, 6.07) is 15.3. The Morgan fingerprint density at radius 1 is 1.06 bits per heavy atom. The van der Waals surface area contributed by atoms with Crippen molar-refractivity contribution in [3.63, 3.8) is 0 Å². The Labute approximate surface area is 197 Å². The van der Waals surface area contributed by atoms with Crippen molar-refractivity contribution in [1.29, 1.82) is 0 Å². The monoisotopic (exact) mass is 451 g/mol. The molecule has 0 bridgehead atoms. The Hall–Kier alpha value is -4.17. The van der Waals surface area contributed by atoms with Crippen molar-refractivity contribution in [3.8, 4) is 11.3 Å². The second kappa shape index (κ2) is 9.76. The van der Waals surface area contributed by atoms with Crippen molar-refractivity contribution >= 4 is 23.2 Å². The van der Waals surface area contributed by atoms with Gasteiger partial charge in [-0.1, -0.05) is 12.1 Å². The van der Waals surface area contributed by atoms with E-state index < -0.39 is 0 Å². The fourth-order valence-corrected chi connectivity index (χ4v) is 3.99. The zero-order valence-corrected chi connectivity index (χ0v) is 18.8. The number of nitrogens with zero attached hydrogens (tertiary/aromatic N) is 4. The highest BCUT2D eigenvalue weighted by molar-refractivity contribution is 6.04. The van der Waals surface area contributed by atoms with Gasteiger partial charge in [0.15, 0.2) is 0 Å². The van der Waals surface area contributed by atoms with Crippen molar-refractivity contribution in [2.45, 2.75) is 19.3 Å². The summed E-state index contributed by atoms with van der Waals surface area (Å²) in [6.07, 6.45) is 7.94. The molecule has 1 saturated heterocycles. The highest BCUT2D eigenvalue weighted by atomic mass is 16.1. The number of rotatable bonds is 6. The van der Waals surface area contributed by atoms with Crippen LogP contribution in [0.5, 0.6) is 0 Å². The van der Waals surface area contributed by atoms with E-state index in [1.54, 1.807) is 24.8 Å². The van der Waals surface area contributed by atoms with Crippen molar-refractivity contribution in [2.24, 2.45) is 0 Å². The van der Waals surface area contributed by atoms with E-state index >= 15 is 0 Å². The maximum Gasteiger partial charge on any atom is 0.255 e. The fraction of sp³-hybridized carbons (Fsp3) is 0.192. The molecule has 8 nitrogen and oxygen atoms in total. The first-order valence-corrected chi connectivity index (χ1v) is 11.2. The number of aryl methyl sites for hydroxylation is 1. The Morgan fingerprint density at radius 2 is 1.94 bits per heavy atom. The molecule has 4 heterocycles. The smallest absolute Gasteiger partial charge is 0.255 e. The molecule has 0 radical (unpaired) electrons. The molecule has 34 heavy (non-hydrogen) atoms. The van der Waals surface area contributed by atoms with Gasteiger partial charge in [0.05, 0.1) is 29.0 Å². The number of hydrogen-bond donors (Lipinski definition) is 3. The summed E-state index contributed by atoms with van der Waals surface area (Å²) < 4.78 is 0. The molecule has 1 aromatic carbocycles. The minimum atomic E-state index is -0.178. The molecule has 3 N–H and O–H groups in total. The lowest BCUT2D eigenvalue weighted by atomic mass is 9.97. The van der Waals surface area contributed by atoms with Crippen molar-refractivity contribution in [2.75, 3.05) is 23.7 Å². The van der Waals surface area contributed by atoms with Crippen LogP contribution < -0.4 is 16.0 Å². The van der Waals surface area contributed by atoms with Crippen LogP contribution in [0.15, 0.2) is 73.3 Å². The van der Waals surface area contributed by atoms with Gasteiger partial charge < -0.3 is 16.0 Å². The van der Waals surface area contributed by atoms with Gasteiger partial charge >= 0.3 is 0 Å². The third-order valence-corrected chi connectivity index (χ3v) is 5.91. The molecule has 0 spiro atoms. The Morgan fingerprint density at radius 3 is 2.71 bits per heavy atom. The topological polar surface area (TPSA) is 105 Å². The van der Waals surface area contributed by atoms with Crippen LogP contribution in [-0.4, -0.2) is 38.9 Å². The zero-order chi connectivity index (χ0) is 23.3. The third-order valence-electron chi connectivity index (χ3n) is 5.91. The summed E-state index contributed by atoms with van der Waals surface area (Å²) in [5.74, 6) is 0.778. The first-order valence-electron chi connectivity index (χ1n) is 11.2. The van der Waals surface area contributed by atoms with Crippen LogP contribution in [0, 0.1) is 6.92 Å². The van der Waals surface area contributed by atoms with Crippen LogP contribution >= 0.6 is 0 Å². The summed E-state index contributed by atoms with van der Waals surface area (Å²) in [5.41, 5.74) is 5.60. The second-order valence-corrected chi connectivity index (χ2v) is 8.26. The SMILES string of the molecule is Cc1ncc(NC(=O)c2ccc(C3CCNC3)cc2)cc1Nc1nccc(-c2cccnc2)n1. The average molecular weight is 452 g/mol. The van der Waals surface area contributed by atoms with Crippen molar-refractivity contribution in [3.05, 3.63) is 90.1 Å². The molecule has 1 aliphatic rings. The lowest BCUT2D eigenvalue weighted by Gasteiger charge is -2.12. The van der Waals surface area contributed by atoms with Crippen LogP contribution in [0.25, 0.3) is 11.3 Å². The van der Waals surface area contributed by atoms with E-state index in [0.29, 0.717) is 28.8 Å². The van der Waals surface area contributed by atoms with Gasteiger partial charge in [-0.15, -0.1) is 0 Å². The summed E-state index contributed by atoms with van der Waals surface area (Å²) in [4.78, 5) is 30.3. The molecule has 1 atom stereocenters. The van der Waals surface area contributed by atoms with E-state index in [9.17, 15) is 4.79 Å². The van der Waals surface area contributed by atoms with Gasteiger partial charge in [-0.05, 0) is 67.8 Å². The predicted molar refractivity (Wildman–Crippen MR) is 132 cm³/mol. The molecule has 1 amide bonds. The van der Waals surface area contributed by atoms with Crippen LogP contribution in [0.2, 0.25) is 0 Å². The minimum Gasteiger partial charge on any atom is -0.322 e. The van der Waals surface area contributed by atoms with E-state index in [4.69, 9.17) is 0 Å². The number of aromatic nitrogens is 4. The van der Waals surface area contributed by atoms with Crippen LogP contribution in [0.4, 0.5) is 17.3 Å². The summed E-state index contributed by atoms with van der Waals surface area (Å²) in [6.45, 7) is 3.92. The lowest BCUT2D eigenvalue weighted by Crippen LogP contribution is -2.13. The number of pyridine rings is 2. The molecule has 0 saturated carbocycles. The number of amides is 1. The first-order chi connectivity index (χ1) is 16.7. The van der Waals surface area contributed by atoms with Gasteiger partial charge in [-0.2, -0.15) is 0 Å². The molecule has 1 unspecified atom stereocenters. The average Bonchev–Trinajstić information content (AvgIpc) is 3.42. The van der Waals surface area contributed by atoms with Crippen molar-refractivity contribution < 1.29 is 4.79 Å². The summed E-state index contributed by atoms with van der Waals surface area (Å²) in [5, 5.41) is 9.52. The Kier molecular flexibility index (Phi) is 6.22. The third kappa shape index (κ3) is 4.92. The van der Waals surface area contributed by atoms with Crippen LogP contribution in [-0.2, 0) is 0 Å². The number of benzene rings is 1. The van der Waals surface area contributed by atoms with Gasteiger partial charge in [-0.25, -0.2) is 9.97 Å². The molecule has 170 valence electrons. The fourth-order valence-electron chi connectivity index (χ4n) is 3.99. The highest BCUT2D eigenvalue weighted by Crippen LogP contribution is 2.24. The lowest BCUT2D eigenvalue weighted by molar-refractivity contribution is 0.102. The standard InChI is InChI=1S/C26H25N7O/c1-17-24(33-26-29-12-9-23(32-26)21-3-2-10-27-15-21)13-22(16-30-17)31-25(34)19-6-4-18(5-7-19)20-8-11-28-14-20/h2-7,9-10,12-13,15-16,20,28H,8,11,14H2,1H3,(H,31,34)(H,29,32,33). The van der Waals surface area contributed by atoms with Gasteiger partial charge in [0.1, 0.15) is 0 Å². The summed E-state index contributed by atoms with van der Waals surface area (Å²) >= 11 is 0. The number of nitrogens with one attached hydrogen (secondary N) is 3. The predicted octanol–water partition coefficient (Wildman–Crippen LogP) is 4.31. The van der Waals surface area contributed by atoms with Crippen LogP contribution in [0.3, 0.4) is 0 Å². The Bertz CT molecular complexity index is 1290. The second-order valence-electron chi connectivity index (χ2n) is 8.26. The van der Waals surface area contributed by atoms with Crippen LogP contribution in [0.1, 0.15) is 34.0 Å². The van der Waals surface area contributed by atoms with E-state index in [0.717, 1.165) is 36.5 Å². The normalized spacial score (nSPS) is 15.1. The molecule has 3 aromatic heterocycles. The van der Waals surface area contributed by atoms with E-state index in [1.807, 2.05) is 55.5 Å². The largest absolute Gasteiger partial charge is 0.322 e. The molecule has 4 aromatic rings. The minimum absolute atomic E-state index is 0.178. The molecule has 1 aliphatic heterocycles. The van der Waals surface area contributed by atoms with E-state index in [1.165, 1.54) is 5.56 Å². The van der Waals surface area contributed by atoms with Gasteiger partial charge in [0, 0.05) is 36.3 Å². The zero-order valence-electron chi connectivity index (χ0n) is 18.8. The van der Waals surface area contributed by atoms with Crippen molar-refractivity contribution in [1.82, 2.24) is 25.3 Å². The van der Waals surface area contributed by atoms with E-state index in [2.05, 4.69) is 35.9 Å². The molecular formula is C26H25N7O. The highest BCUT2D eigenvalue weighted by Gasteiger charge is 2.17. The maximum absolute atomic E-state index is 12.8. The molecule has 0 aliphatic carbocycles. The number of carbonyl (C=O) groups excluding carboxylic acids is 1. The number of hydrogen-bond acceptors (Lipinski definition) is 7. The first kappa shape index (κ1) is 21.7. The Balaban J connectivity index is 1.30. The number of carbonyl (C=O) groups is 1. The van der Waals surface area contributed by atoms with Gasteiger partial charge in [-0.3, -0.25) is 14.8 Å². The van der Waals surface area contributed by atoms with Gasteiger partial charge in [0.25, 0.3) is 5.91 Å². The molecule has 5 rings (SSSR count). The maximum atomic E-state index is 12.8. The summed E-state index contributed by atoms with van der Waals surface area (Å²) in [7, 11) is 0. The molecular weight excluding hydrogens is 426 g/mol. The quantitative estimate of drug-likeness (QED) is 0.401. The van der Waals surface area contributed by atoms with E-state index in [-0.39, 0.29) is 5.91 Å². The molecule has 8 heteroatoms. The number of anilines is 3.